The Morgan fingerprint density at radius 1 is 1.53 bits per heavy atom. The molecular formula is C10H14N6O2S. The summed E-state index contributed by atoms with van der Waals surface area (Å²) in [7, 11) is 0. The quantitative estimate of drug-likeness (QED) is 0.748. The molecule has 19 heavy (non-hydrogen) atoms. The van der Waals surface area contributed by atoms with Gasteiger partial charge in [0.25, 0.3) is 0 Å². The minimum absolute atomic E-state index is 0.228. The minimum Gasteiger partial charge on any atom is -0.382 e. The van der Waals surface area contributed by atoms with Crippen LogP contribution in [0.5, 0.6) is 0 Å². The highest BCUT2D eigenvalue weighted by Gasteiger charge is 2.18. The molecule has 0 aliphatic carbocycles. The number of carbonyl (C=O) groups is 1. The van der Waals surface area contributed by atoms with Crippen LogP contribution in [-0.2, 0) is 4.79 Å². The molecule has 102 valence electrons. The Morgan fingerprint density at radius 3 is 3.05 bits per heavy atom. The van der Waals surface area contributed by atoms with Gasteiger partial charge in [-0.15, -0.1) is 4.73 Å². The van der Waals surface area contributed by atoms with Crippen molar-refractivity contribution in [2.75, 3.05) is 17.7 Å². The maximum Gasteiger partial charge on any atom is 0.349 e. The van der Waals surface area contributed by atoms with Gasteiger partial charge in [0.15, 0.2) is 11.3 Å². The Balaban J connectivity index is 2.13. The van der Waals surface area contributed by atoms with Gasteiger partial charge in [-0.1, -0.05) is 0 Å². The van der Waals surface area contributed by atoms with Crippen LogP contribution in [0.15, 0.2) is 12.7 Å². The molecule has 0 unspecified atom stereocenters. The predicted octanol–water partition coefficient (Wildman–Crippen LogP) is -0.556. The Morgan fingerprint density at radius 2 is 2.32 bits per heavy atom. The number of carbonyl (C=O) groups excluding carboxylic acids is 1. The summed E-state index contributed by atoms with van der Waals surface area (Å²) < 4.78 is 1.15. The van der Waals surface area contributed by atoms with Crippen molar-refractivity contribution >= 4 is 34.7 Å². The molecule has 8 nitrogen and oxygen atoms in total. The Hall–Kier alpha value is -1.87. The van der Waals surface area contributed by atoms with Gasteiger partial charge in [-0.05, 0) is 18.4 Å². The summed E-state index contributed by atoms with van der Waals surface area (Å²) in [5.41, 5.74) is 12.1. The van der Waals surface area contributed by atoms with Crippen LogP contribution in [-0.4, -0.2) is 43.7 Å². The first-order valence-corrected chi connectivity index (χ1v) is 6.93. The van der Waals surface area contributed by atoms with Crippen LogP contribution in [0.25, 0.3) is 11.2 Å². The molecule has 1 atom stereocenters. The van der Waals surface area contributed by atoms with Gasteiger partial charge in [-0.25, -0.2) is 19.7 Å². The number of thioether (sulfide) groups is 1. The third kappa shape index (κ3) is 2.93. The first kappa shape index (κ1) is 13.6. The van der Waals surface area contributed by atoms with E-state index in [1.807, 2.05) is 6.26 Å². The second kappa shape index (κ2) is 5.85. The van der Waals surface area contributed by atoms with E-state index in [1.54, 1.807) is 11.8 Å². The summed E-state index contributed by atoms with van der Waals surface area (Å²) in [6.45, 7) is 0. The molecule has 0 aromatic carbocycles. The molecule has 0 spiro atoms. The van der Waals surface area contributed by atoms with Gasteiger partial charge >= 0.3 is 5.97 Å². The van der Waals surface area contributed by atoms with E-state index in [1.165, 1.54) is 12.7 Å². The number of imidazole rings is 1. The molecule has 0 radical (unpaired) electrons. The van der Waals surface area contributed by atoms with Gasteiger partial charge in [0.1, 0.15) is 18.7 Å². The van der Waals surface area contributed by atoms with E-state index in [0.29, 0.717) is 17.6 Å². The molecule has 2 aromatic rings. The van der Waals surface area contributed by atoms with E-state index in [9.17, 15) is 4.79 Å². The van der Waals surface area contributed by atoms with Crippen LogP contribution < -0.4 is 16.3 Å². The smallest absolute Gasteiger partial charge is 0.349 e. The van der Waals surface area contributed by atoms with Crippen LogP contribution in [0.2, 0.25) is 0 Å². The highest BCUT2D eigenvalue weighted by Crippen LogP contribution is 2.13. The summed E-state index contributed by atoms with van der Waals surface area (Å²) in [6.07, 6.45) is 5.08. The van der Waals surface area contributed by atoms with Gasteiger partial charge in [0, 0.05) is 0 Å². The predicted molar refractivity (Wildman–Crippen MR) is 72.3 cm³/mol. The van der Waals surface area contributed by atoms with Gasteiger partial charge < -0.3 is 16.3 Å². The zero-order valence-electron chi connectivity index (χ0n) is 10.3. The van der Waals surface area contributed by atoms with Crippen molar-refractivity contribution in [1.29, 1.82) is 0 Å². The monoisotopic (exact) mass is 282 g/mol. The van der Waals surface area contributed by atoms with Gasteiger partial charge in [0.05, 0.1) is 0 Å². The molecule has 0 saturated heterocycles. The fourth-order valence-electron chi connectivity index (χ4n) is 1.43. The molecule has 0 aliphatic rings. The van der Waals surface area contributed by atoms with Crippen LogP contribution >= 0.6 is 11.8 Å². The fraction of sp³-hybridized carbons (Fsp3) is 0.400. The molecule has 4 N–H and O–H groups in total. The van der Waals surface area contributed by atoms with Gasteiger partial charge in [-0.2, -0.15) is 11.8 Å². The minimum atomic E-state index is -0.677. The van der Waals surface area contributed by atoms with E-state index in [2.05, 4.69) is 15.0 Å². The van der Waals surface area contributed by atoms with Gasteiger partial charge in [0.2, 0.25) is 5.65 Å². The lowest BCUT2D eigenvalue weighted by Crippen LogP contribution is -2.38. The highest BCUT2D eigenvalue weighted by atomic mass is 32.2. The van der Waals surface area contributed by atoms with E-state index in [4.69, 9.17) is 16.3 Å². The average molecular weight is 282 g/mol. The number of anilines is 1. The molecule has 0 bridgehead atoms. The van der Waals surface area contributed by atoms with Crippen molar-refractivity contribution in [1.82, 2.24) is 19.7 Å². The van der Waals surface area contributed by atoms with Crippen LogP contribution in [0.1, 0.15) is 6.42 Å². The number of rotatable bonds is 5. The number of fused-ring (bicyclic) bond motifs is 1. The molecule has 2 aromatic heterocycles. The molecule has 0 amide bonds. The maximum absolute atomic E-state index is 11.8. The zero-order chi connectivity index (χ0) is 13.8. The van der Waals surface area contributed by atoms with Crippen molar-refractivity contribution in [3.8, 4) is 0 Å². The number of nitrogens with zero attached hydrogens (tertiary/aromatic N) is 4. The van der Waals surface area contributed by atoms with Crippen LogP contribution in [0, 0.1) is 0 Å². The largest absolute Gasteiger partial charge is 0.382 e. The SMILES string of the molecule is CSCC[C@H](N)C(=O)On1cnc2c(N)ncnc21. The molecule has 2 rings (SSSR count). The van der Waals surface area contributed by atoms with E-state index >= 15 is 0 Å². The molecule has 9 heteroatoms. The van der Waals surface area contributed by atoms with E-state index < -0.39 is 12.0 Å². The summed E-state index contributed by atoms with van der Waals surface area (Å²) in [4.78, 5) is 28.6. The molecule has 0 fully saturated rings. The fourth-order valence-corrected chi connectivity index (χ4v) is 1.92. The first-order chi connectivity index (χ1) is 9.13. The first-order valence-electron chi connectivity index (χ1n) is 5.53. The van der Waals surface area contributed by atoms with Crippen LogP contribution in [0.4, 0.5) is 5.82 Å². The summed E-state index contributed by atoms with van der Waals surface area (Å²) in [5, 5.41) is 0. The molecule has 0 saturated carbocycles. The van der Waals surface area contributed by atoms with Crippen LogP contribution in [0.3, 0.4) is 0 Å². The molecule has 0 aliphatic heterocycles. The zero-order valence-corrected chi connectivity index (χ0v) is 11.1. The number of hydrogen-bond acceptors (Lipinski definition) is 8. The normalized spacial score (nSPS) is 12.5. The summed E-state index contributed by atoms with van der Waals surface area (Å²) in [6, 6.07) is -0.677. The second-order valence-corrected chi connectivity index (χ2v) is 4.79. The lowest BCUT2D eigenvalue weighted by molar-refractivity contribution is -0.145. The standard InChI is InChI=1S/C10H14N6O2S/c1-19-3-2-6(11)10(17)18-16-5-15-7-8(12)13-4-14-9(7)16/h4-6H,2-3,11H2,1H3,(H2,12,13,14)/t6-/m0/s1. The van der Waals surface area contributed by atoms with E-state index in [0.717, 1.165) is 10.5 Å². The summed E-state index contributed by atoms with van der Waals surface area (Å²) in [5.74, 6) is 0.479. The third-order valence-corrected chi connectivity index (χ3v) is 3.10. The Labute approximate surface area is 113 Å². The van der Waals surface area contributed by atoms with Crippen molar-refractivity contribution in [2.24, 2.45) is 5.73 Å². The van der Waals surface area contributed by atoms with Crippen molar-refractivity contribution < 1.29 is 9.63 Å². The topological polar surface area (TPSA) is 122 Å². The highest BCUT2D eigenvalue weighted by molar-refractivity contribution is 7.98. The van der Waals surface area contributed by atoms with E-state index in [-0.39, 0.29) is 5.82 Å². The van der Waals surface area contributed by atoms with Crippen molar-refractivity contribution in [2.45, 2.75) is 12.5 Å². The number of aromatic nitrogens is 4. The molecule has 2 heterocycles. The Bertz CT molecular complexity index is 586. The molecular weight excluding hydrogens is 268 g/mol. The number of nitrogens with two attached hydrogens (primary N) is 2. The van der Waals surface area contributed by atoms with Crippen molar-refractivity contribution in [3.63, 3.8) is 0 Å². The lowest BCUT2D eigenvalue weighted by Gasteiger charge is -2.10. The lowest BCUT2D eigenvalue weighted by atomic mass is 10.2. The average Bonchev–Trinajstić information content (AvgIpc) is 2.80. The number of nitrogen functional groups attached to an aromatic ring is 1. The van der Waals surface area contributed by atoms with Gasteiger partial charge in [-0.3, -0.25) is 0 Å². The number of hydrogen-bond donors (Lipinski definition) is 2. The maximum atomic E-state index is 11.8. The Kier molecular flexibility index (Phi) is 4.17. The third-order valence-electron chi connectivity index (χ3n) is 2.46. The van der Waals surface area contributed by atoms with Crippen molar-refractivity contribution in [3.05, 3.63) is 12.7 Å². The summed E-state index contributed by atoms with van der Waals surface area (Å²) >= 11 is 1.62. The second-order valence-electron chi connectivity index (χ2n) is 3.80.